The predicted octanol–water partition coefficient (Wildman–Crippen LogP) is 2.04. The van der Waals surface area contributed by atoms with Gasteiger partial charge in [-0.25, -0.2) is 4.98 Å². The maximum atomic E-state index is 12.4. The average Bonchev–Trinajstić information content (AvgIpc) is 2.71. The summed E-state index contributed by atoms with van der Waals surface area (Å²) in [5, 5.41) is 8.94. The van der Waals surface area contributed by atoms with Crippen molar-refractivity contribution < 1.29 is 4.79 Å². The van der Waals surface area contributed by atoms with Crippen LogP contribution in [0.1, 0.15) is 32.9 Å². The summed E-state index contributed by atoms with van der Waals surface area (Å²) in [6.07, 6.45) is 0.917. The van der Waals surface area contributed by atoms with Crippen LogP contribution in [0.4, 0.5) is 5.82 Å². The summed E-state index contributed by atoms with van der Waals surface area (Å²) in [5.41, 5.74) is 0.0908. The molecule has 0 aliphatic carbocycles. The lowest BCUT2D eigenvalue weighted by Crippen LogP contribution is -2.41. The molecule has 0 unspecified atom stereocenters. The number of rotatable bonds is 1. The topological polar surface area (TPSA) is 60.2 Å². The molecular weight excluding hydrogens is 264 g/mol. The first-order valence-electron chi connectivity index (χ1n) is 7.33. The van der Waals surface area contributed by atoms with Gasteiger partial charge >= 0.3 is 0 Å². The second-order valence-corrected chi connectivity index (χ2v) is 6.38. The maximum absolute atomic E-state index is 12.4. The van der Waals surface area contributed by atoms with Gasteiger partial charge in [0.1, 0.15) is 17.6 Å². The summed E-state index contributed by atoms with van der Waals surface area (Å²) in [4.78, 5) is 20.8. The third-order valence-electron chi connectivity index (χ3n) is 3.60. The third-order valence-corrected chi connectivity index (χ3v) is 3.60. The monoisotopic (exact) mass is 286 g/mol. The van der Waals surface area contributed by atoms with Gasteiger partial charge < -0.3 is 9.80 Å². The molecule has 1 aliphatic rings. The molecule has 2 heterocycles. The van der Waals surface area contributed by atoms with Crippen LogP contribution >= 0.6 is 0 Å². The lowest BCUT2D eigenvalue weighted by Gasteiger charge is -2.28. The highest BCUT2D eigenvalue weighted by atomic mass is 16.2. The Morgan fingerprint density at radius 3 is 2.67 bits per heavy atom. The summed E-state index contributed by atoms with van der Waals surface area (Å²) in [7, 11) is 0. The molecule has 0 aromatic carbocycles. The number of amides is 1. The SMILES string of the molecule is CC(C)(C)C(=O)N1CCCN(c2cccc(C#N)n2)CC1. The second kappa shape index (κ2) is 6.13. The lowest BCUT2D eigenvalue weighted by atomic mass is 9.94. The lowest BCUT2D eigenvalue weighted by molar-refractivity contribution is -0.139. The zero-order valence-corrected chi connectivity index (χ0v) is 13.0. The van der Waals surface area contributed by atoms with E-state index in [1.54, 1.807) is 6.07 Å². The van der Waals surface area contributed by atoms with E-state index in [1.165, 1.54) is 0 Å². The number of nitriles is 1. The minimum atomic E-state index is -0.339. The van der Waals surface area contributed by atoms with Crippen molar-refractivity contribution in [3.8, 4) is 6.07 Å². The quantitative estimate of drug-likeness (QED) is 0.792. The smallest absolute Gasteiger partial charge is 0.228 e. The number of carbonyl (C=O) groups excluding carboxylic acids is 1. The summed E-state index contributed by atoms with van der Waals surface area (Å²) >= 11 is 0. The van der Waals surface area contributed by atoms with Crippen LogP contribution in [0.5, 0.6) is 0 Å². The maximum Gasteiger partial charge on any atom is 0.228 e. The minimum Gasteiger partial charge on any atom is -0.355 e. The molecule has 0 bridgehead atoms. The molecule has 1 aromatic rings. The Labute approximate surface area is 126 Å². The predicted molar refractivity (Wildman–Crippen MR) is 81.8 cm³/mol. The van der Waals surface area contributed by atoms with Crippen molar-refractivity contribution in [2.45, 2.75) is 27.2 Å². The fraction of sp³-hybridized carbons (Fsp3) is 0.562. The van der Waals surface area contributed by atoms with Gasteiger partial charge in [0.15, 0.2) is 0 Å². The van der Waals surface area contributed by atoms with Crippen LogP contribution in [-0.2, 0) is 4.79 Å². The number of pyridine rings is 1. The van der Waals surface area contributed by atoms with Crippen LogP contribution in [0.15, 0.2) is 18.2 Å². The first kappa shape index (κ1) is 15.3. The third kappa shape index (κ3) is 3.72. The van der Waals surface area contributed by atoms with Crippen LogP contribution < -0.4 is 4.90 Å². The molecule has 112 valence electrons. The number of carbonyl (C=O) groups is 1. The van der Waals surface area contributed by atoms with Gasteiger partial charge in [0.2, 0.25) is 5.91 Å². The number of aromatic nitrogens is 1. The second-order valence-electron chi connectivity index (χ2n) is 6.38. The summed E-state index contributed by atoms with van der Waals surface area (Å²) < 4.78 is 0. The Morgan fingerprint density at radius 2 is 2.00 bits per heavy atom. The minimum absolute atomic E-state index is 0.197. The molecule has 0 N–H and O–H groups in total. The number of hydrogen-bond donors (Lipinski definition) is 0. The molecule has 1 aliphatic heterocycles. The highest BCUT2D eigenvalue weighted by molar-refractivity contribution is 5.81. The highest BCUT2D eigenvalue weighted by Gasteiger charge is 2.28. The van der Waals surface area contributed by atoms with Crippen LogP contribution in [0.3, 0.4) is 0 Å². The summed E-state index contributed by atoms with van der Waals surface area (Å²) in [5.74, 6) is 1.02. The van der Waals surface area contributed by atoms with Crippen LogP contribution in [0.2, 0.25) is 0 Å². The molecule has 0 radical (unpaired) electrons. The van der Waals surface area contributed by atoms with Gasteiger partial charge in [0.05, 0.1) is 0 Å². The molecule has 1 aromatic heterocycles. The normalized spacial score (nSPS) is 16.3. The van der Waals surface area contributed by atoms with E-state index < -0.39 is 0 Å². The number of anilines is 1. The van der Waals surface area contributed by atoms with Crippen molar-refractivity contribution in [1.29, 1.82) is 5.26 Å². The first-order chi connectivity index (χ1) is 9.91. The van der Waals surface area contributed by atoms with Gasteiger partial charge in [-0.2, -0.15) is 5.26 Å². The van der Waals surface area contributed by atoms with E-state index in [4.69, 9.17) is 5.26 Å². The average molecular weight is 286 g/mol. The standard InChI is InChI=1S/C16H22N4O/c1-16(2,3)15(21)20-9-5-8-19(10-11-20)14-7-4-6-13(12-17)18-14/h4,6-7H,5,8-11H2,1-3H3. The first-order valence-corrected chi connectivity index (χ1v) is 7.33. The fourth-order valence-corrected chi connectivity index (χ4v) is 2.49. The highest BCUT2D eigenvalue weighted by Crippen LogP contribution is 2.20. The van der Waals surface area contributed by atoms with Crippen molar-refractivity contribution in [2.75, 3.05) is 31.1 Å². The Hall–Kier alpha value is -2.09. The van der Waals surface area contributed by atoms with Crippen molar-refractivity contribution in [3.63, 3.8) is 0 Å². The molecule has 5 heteroatoms. The van der Waals surface area contributed by atoms with Crippen molar-refractivity contribution >= 4 is 11.7 Å². The number of nitrogens with zero attached hydrogens (tertiary/aromatic N) is 4. The zero-order chi connectivity index (χ0) is 15.5. The Morgan fingerprint density at radius 1 is 1.24 bits per heavy atom. The van der Waals surface area contributed by atoms with E-state index in [2.05, 4.69) is 16.0 Å². The van der Waals surface area contributed by atoms with Crippen molar-refractivity contribution in [1.82, 2.24) is 9.88 Å². The van der Waals surface area contributed by atoms with Crippen LogP contribution in [0, 0.1) is 16.7 Å². The Kier molecular flexibility index (Phi) is 4.46. The molecule has 1 amide bonds. The Balaban J connectivity index is 2.07. The van der Waals surface area contributed by atoms with Gasteiger partial charge in [-0.05, 0) is 18.6 Å². The van der Waals surface area contributed by atoms with Gasteiger partial charge in [-0.3, -0.25) is 4.79 Å². The van der Waals surface area contributed by atoms with E-state index in [0.29, 0.717) is 12.2 Å². The van der Waals surface area contributed by atoms with Gasteiger partial charge in [-0.1, -0.05) is 26.8 Å². The van der Waals surface area contributed by atoms with E-state index in [9.17, 15) is 4.79 Å². The van der Waals surface area contributed by atoms with Crippen molar-refractivity contribution in [3.05, 3.63) is 23.9 Å². The van der Waals surface area contributed by atoms with E-state index in [0.717, 1.165) is 31.9 Å². The molecule has 0 saturated carbocycles. The summed E-state index contributed by atoms with van der Waals surface area (Å²) in [6.45, 7) is 8.96. The molecule has 2 rings (SSSR count). The molecule has 1 fully saturated rings. The van der Waals surface area contributed by atoms with E-state index >= 15 is 0 Å². The molecule has 0 spiro atoms. The molecule has 1 saturated heterocycles. The van der Waals surface area contributed by atoms with Gasteiger partial charge in [-0.15, -0.1) is 0 Å². The number of hydrogen-bond acceptors (Lipinski definition) is 4. The van der Waals surface area contributed by atoms with Gasteiger partial charge in [0, 0.05) is 31.6 Å². The van der Waals surface area contributed by atoms with Crippen LogP contribution in [0.25, 0.3) is 0 Å². The summed E-state index contributed by atoms with van der Waals surface area (Å²) in [6, 6.07) is 7.54. The molecule has 5 nitrogen and oxygen atoms in total. The molecule has 0 atom stereocenters. The van der Waals surface area contributed by atoms with Crippen LogP contribution in [-0.4, -0.2) is 42.0 Å². The van der Waals surface area contributed by atoms with E-state index in [1.807, 2.05) is 37.8 Å². The van der Waals surface area contributed by atoms with Gasteiger partial charge in [0.25, 0.3) is 0 Å². The molecule has 21 heavy (non-hydrogen) atoms. The fourth-order valence-electron chi connectivity index (χ4n) is 2.49. The Bertz CT molecular complexity index is 556. The van der Waals surface area contributed by atoms with Crippen molar-refractivity contribution in [2.24, 2.45) is 5.41 Å². The van der Waals surface area contributed by atoms with E-state index in [-0.39, 0.29) is 11.3 Å². The largest absolute Gasteiger partial charge is 0.355 e. The molecular formula is C16H22N4O. The zero-order valence-electron chi connectivity index (χ0n) is 13.0.